The molecule has 0 unspecified atom stereocenters. The van der Waals surface area contributed by atoms with Crippen LogP contribution in [0, 0.1) is 6.92 Å². The first kappa shape index (κ1) is 16.0. The smallest absolute Gasteiger partial charge is 0.261 e. The summed E-state index contributed by atoms with van der Waals surface area (Å²) >= 11 is 3.37. The molecule has 0 bridgehead atoms. The minimum Gasteiger partial charge on any atom is -0.322 e. The highest BCUT2D eigenvalue weighted by Gasteiger charge is 2.11. The fourth-order valence-electron chi connectivity index (χ4n) is 1.64. The molecular formula is C14H11BrClNO3S. The summed E-state index contributed by atoms with van der Waals surface area (Å²) < 4.78 is 23.1. The van der Waals surface area contributed by atoms with Gasteiger partial charge < -0.3 is 5.32 Å². The normalized spacial score (nSPS) is 11.2. The van der Waals surface area contributed by atoms with Gasteiger partial charge in [0, 0.05) is 26.4 Å². The van der Waals surface area contributed by atoms with E-state index in [-0.39, 0.29) is 10.8 Å². The number of rotatable bonds is 3. The first-order chi connectivity index (χ1) is 9.77. The van der Waals surface area contributed by atoms with Gasteiger partial charge in [-0.25, -0.2) is 8.42 Å². The summed E-state index contributed by atoms with van der Waals surface area (Å²) in [5, 5.41) is 2.69. The summed E-state index contributed by atoms with van der Waals surface area (Å²) in [6, 6.07) is 10.9. The lowest BCUT2D eigenvalue weighted by Gasteiger charge is -2.07. The minimum absolute atomic E-state index is 0.0137. The molecule has 2 aromatic carbocycles. The van der Waals surface area contributed by atoms with Crippen LogP contribution in [-0.4, -0.2) is 14.3 Å². The molecule has 0 spiro atoms. The number of carbonyl (C=O) groups excluding carboxylic acids is 1. The molecule has 4 nitrogen and oxygen atoms in total. The monoisotopic (exact) mass is 387 g/mol. The molecule has 0 aromatic heterocycles. The topological polar surface area (TPSA) is 63.2 Å². The predicted molar refractivity (Wildman–Crippen MR) is 86.3 cm³/mol. The third-order valence-electron chi connectivity index (χ3n) is 2.83. The molecule has 1 amide bonds. The second kappa shape index (κ2) is 6.17. The number of aryl methyl sites for hydroxylation is 1. The van der Waals surface area contributed by atoms with Gasteiger partial charge in [-0.2, -0.15) is 0 Å². The van der Waals surface area contributed by atoms with Crippen molar-refractivity contribution >= 4 is 47.3 Å². The van der Waals surface area contributed by atoms with Crippen molar-refractivity contribution in [2.45, 2.75) is 11.8 Å². The lowest BCUT2D eigenvalue weighted by molar-refractivity contribution is 0.102. The van der Waals surface area contributed by atoms with Crippen molar-refractivity contribution in [1.82, 2.24) is 0 Å². The van der Waals surface area contributed by atoms with Gasteiger partial charge >= 0.3 is 0 Å². The lowest BCUT2D eigenvalue weighted by Crippen LogP contribution is -2.12. The van der Waals surface area contributed by atoms with Crippen LogP contribution in [0.1, 0.15) is 15.9 Å². The Morgan fingerprint density at radius 1 is 1.14 bits per heavy atom. The number of amides is 1. The highest BCUT2D eigenvalue weighted by molar-refractivity contribution is 9.10. The van der Waals surface area contributed by atoms with Crippen LogP contribution in [0.3, 0.4) is 0 Å². The number of anilines is 1. The Bertz CT molecular complexity index is 788. The third-order valence-corrected chi connectivity index (χ3v) is 5.05. The quantitative estimate of drug-likeness (QED) is 0.810. The van der Waals surface area contributed by atoms with E-state index in [0.29, 0.717) is 11.3 Å². The molecule has 0 aliphatic heterocycles. The van der Waals surface area contributed by atoms with E-state index in [2.05, 4.69) is 21.2 Å². The Kier molecular flexibility index (Phi) is 4.70. The van der Waals surface area contributed by atoms with Gasteiger partial charge in [0.05, 0.1) is 4.90 Å². The predicted octanol–water partition coefficient (Wildman–Crippen LogP) is 3.94. The first-order valence-corrected chi connectivity index (χ1v) is 9.00. The van der Waals surface area contributed by atoms with Crippen molar-refractivity contribution in [2.75, 3.05) is 5.32 Å². The molecule has 0 fully saturated rings. The third kappa shape index (κ3) is 4.06. The summed E-state index contributed by atoms with van der Waals surface area (Å²) in [6.45, 7) is 1.93. The molecular weight excluding hydrogens is 378 g/mol. The van der Waals surface area contributed by atoms with Gasteiger partial charge in [0.15, 0.2) is 0 Å². The van der Waals surface area contributed by atoms with Crippen LogP contribution < -0.4 is 5.32 Å². The van der Waals surface area contributed by atoms with Crippen LogP contribution in [0.25, 0.3) is 0 Å². The van der Waals surface area contributed by atoms with Crippen molar-refractivity contribution in [3.8, 4) is 0 Å². The average Bonchev–Trinajstić information content (AvgIpc) is 2.41. The molecule has 0 radical (unpaired) electrons. The average molecular weight is 389 g/mol. The molecule has 1 N–H and O–H groups in total. The van der Waals surface area contributed by atoms with E-state index in [0.717, 1.165) is 10.0 Å². The van der Waals surface area contributed by atoms with E-state index in [1.54, 1.807) is 12.1 Å². The zero-order chi connectivity index (χ0) is 15.6. The lowest BCUT2D eigenvalue weighted by atomic mass is 10.1. The van der Waals surface area contributed by atoms with Crippen LogP contribution in [0.4, 0.5) is 5.69 Å². The molecule has 7 heteroatoms. The maximum Gasteiger partial charge on any atom is 0.261 e. The highest BCUT2D eigenvalue weighted by Crippen LogP contribution is 2.20. The molecule has 21 heavy (non-hydrogen) atoms. The standard InChI is InChI=1S/C14H11BrClNO3S/c1-9-2-3-10(8-13(9)15)14(18)17-11-4-6-12(7-5-11)21(16,19)20/h2-8H,1H3,(H,17,18). The van der Waals surface area contributed by atoms with Crippen LogP contribution in [0.15, 0.2) is 51.8 Å². The molecule has 0 heterocycles. The SMILES string of the molecule is Cc1ccc(C(=O)Nc2ccc(S(=O)(=O)Cl)cc2)cc1Br. The Hall–Kier alpha value is -1.37. The van der Waals surface area contributed by atoms with E-state index < -0.39 is 9.05 Å². The zero-order valence-electron chi connectivity index (χ0n) is 10.9. The maximum absolute atomic E-state index is 12.1. The summed E-state index contributed by atoms with van der Waals surface area (Å²) in [6.07, 6.45) is 0. The van der Waals surface area contributed by atoms with E-state index in [4.69, 9.17) is 10.7 Å². The molecule has 0 saturated carbocycles. The van der Waals surface area contributed by atoms with Gasteiger partial charge in [-0.15, -0.1) is 0 Å². The van der Waals surface area contributed by atoms with Gasteiger partial charge in [-0.05, 0) is 48.9 Å². The Morgan fingerprint density at radius 3 is 2.29 bits per heavy atom. The largest absolute Gasteiger partial charge is 0.322 e. The van der Waals surface area contributed by atoms with E-state index in [9.17, 15) is 13.2 Å². The number of hydrogen-bond donors (Lipinski definition) is 1. The van der Waals surface area contributed by atoms with Crippen molar-refractivity contribution in [2.24, 2.45) is 0 Å². The van der Waals surface area contributed by atoms with Crippen LogP contribution >= 0.6 is 26.6 Å². The number of nitrogens with one attached hydrogen (secondary N) is 1. The number of benzene rings is 2. The van der Waals surface area contributed by atoms with Crippen molar-refractivity contribution in [3.63, 3.8) is 0 Å². The Labute approximate surface area is 135 Å². The van der Waals surface area contributed by atoms with Gasteiger partial charge in [0.2, 0.25) is 0 Å². The zero-order valence-corrected chi connectivity index (χ0v) is 14.1. The molecule has 0 aliphatic carbocycles. The fourth-order valence-corrected chi connectivity index (χ4v) is 2.79. The maximum atomic E-state index is 12.1. The second-order valence-electron chi connectivity index (χ2n) is 4.38. The summed E-state index contributed by atoms with van der Waals surface area (Å²) in [4.78, 5) is 12.1. The summed E-state index contributed by atoms with van der Waals surface area (Å²) in [5.41, 5.74) is 2.02. The van der Waals surface area contributed by atoms with Gasteiger partial charge in [-0.3, -0.25) is 4.79 Å². The van der Waals surface area contributed by atoms with Crippen molar-refractivity contribution in [1.29, 1.82) is 0 Å². The Morgan fingerprint density at radius 2 is 1.76 bits per heavy atom. The van der Waals surface area contributed by atoms with Crippen LogP contribution in [-0.2, 0) is 9.05 Å². The summed E-state index contributed by atoms with van der Waals surface area (Å²) in [5.74, 6) is -0.280. The number of hydrogen-bond acceptors (Lipinski definition) is 3. The van der Waals surface area contributed by atoms with Crippen molar-refractivity contribution in [3.05, 3.63) is 58.1 Å². The molecule has 0 aliphatic rings. The van der Waals surface area contributed by atoms with E-state index in [1.165, 1.54) is 24.3 Å². The number of halogens is 2. The van der Waals surface area contributed by atoms with Crippen LogP contribution in [0.2, 0.25) is 0 Å². The minimum atomic E-state index is -3.76. The van der Waals surface area contributed by atoms with E-state index >= 15 is 0 Å². The van der Waals surface area contributed by atoms with Gasteiger partial charge in [0.25, 0.3) is 15.0 Å². The second-order valence-corrected chi connectivity index (χ2v) is 7.80. The van der Waals surface area contributed by atoms with Crippen LogP contribution in [0.5, 0.6) is 0 Å². The fraction of sp³-hybridized carbons (Fsp3) is 0.0714. The van der Waals surface area contributed by atoms with E-state index in [1.807, 2.05) is 13.0 Å². The van der Waals surface area contributed by atoms with Gasteiger partial charge in [0.1, 0.15) is 0 Å². The molecule has 2 aromatic rings. The van der Waals surface area contributed by atoms with Crippen molar-refractivity contribution < 1.29 is 13.2 Å². The Balaban J connectivity index is 2.18. The molecule has 0 atom stereocenters. The van der Waals surface area contributed by atoms with Gasteiger partial charge in [-0.1, -0.05) is 22.0 Å². The molecule has 110 valence electrons. The molecule has 0 saturated heterocycles. The summed E-state index contributed by atoms with van der Waals surface area (Å²) in [7, 11) is 1.47. The first-order valence-electron chi connectivity index (χ1n) is 5.89. The molecule has 2 rings (SSSR count). The highest BCUT2D eigenvalue weighted by atomic mass is 79.9. The number of carbonyl (C=O) groups is 1.